The zero-order valence-electron chi connectivity index (χ0n) is 13.1. The van der Waals surface area contributed by atoms with E-state index in [2.05, 4.69) is 5.32 Å². The minimum absolute atomic E-state index is 0.00865. The van der Waals surface area contributed by atoms with Crippen molar-refractivity contribution < 1.29 is 23.7 Å². The zero-order valence-corrected chi connectivity index (χ0v) is 13.1. The Labute approximate surface area is 137 Å². The number of nitrogens with zero attached hydrogens (tertiary/aromatic N) is 1. The van der Waals surface area contributed by atoms with Crippen LogP contribution in [-0.2, 0) is 4.74 Å². The third-order valence-corrected chi connectivity index (χ3v) is 3.22. The molecule has 0 unspecified atom stereocenters. The lowest BCUT2D eigenvalue weighted by Crippen LogP contribution is -2.26. The summed E-state index contributed by atoms with van der Waals surface area (Å²) in [5.74, 6) is -0.748. The van der Waals surface area contributed by atoms with Crippen molar-refractivity contribution in [2.24, 2.45) is 0 Å². The highest BCUT2D eigenvalue weighted by atomic mass is 16.6. The quantitative estimate of drug-likeness (QED) is 0.494. The Morgan fingerprint density at radius 1 is 1.33 bits per heavy atom. The van der Waals surface area contributed by atoms with Gasteiger partial charge in [-0.3, -0.25) is 14.9 Å². The molecule has 0 aliphatic carbocycles. The fourth-order valence-corrected chi connectivity index (χ4v) is 2.07. The monoisotopic (exact) mass is 332 g/mol. The third kappa shape index (κ3) is 3.97. The van der Waals surface area contributed by atoms with Crippen LogP contribution in [0, 0.1) is 10.1 Å². The highest BCUT2D eigenvalue weighted by Gasteiger charge is 2.20. The standard InChI is InChI=1S/C16H16N2O6/c1-3-23-16(20)12-7-11(8-13(9-12)18(21)22)15(19)17-10(2)14-5-4-6-24-14/h4-10H,3H2,1-2H3,(H,17,19)/t10-/m0/s1. The lowest BCUT2D eigenvalue weighted by Gasteiger charge is -2.12. The van der Waals surface area contributed by atoms with Gasteiger partial charge in [-0.2, -0.15) is 0 Å². The molecule has 126 valence electrons. The Hall–Kier alpha value is -3.16. The van der Waals surface area contributed by atoms with Gasteiger partial charge in [0.2, 0.25) is 0 Å². The predicted molar refractivity (Wildman–Crippen MR) is 83.6 cm³/mol. The lowest BCUT2D eigenvalue weighted by molar-refractivity contribution is -0.384. The number of hydrogen-bond acceptors (Lipinski definition) is 6. The molecule has 1 N–H and O–H groups in total. The van der Waals surface area contributed by atoms with Gasteiger partial charge in [-0.1, -0.05) is 0 Å². The number of carbonyl (C=O) groups excluding carboxylic acids is 2. The molecule has 1 atom stereocenters. The molecule has 0 fully saturated rings. The molecule has 1 aromatic carbocycles. The number of hydrogen-bond donors (Lipinski definition) is 1. The number of rotatable bonds is 6. The van der Waals surface area contributed by atoms with Crippen molar-refractivity contribution in [3.05, 3.63) is 63.6 Å². The maximum absolute atomic E-state index is 12.3. The van der Waals surface area contributed by atoms with Crippen LogP contribution in [0.2, 0.25) is 0 Å². The predicted octanol–water partition coefficient (Wildman–Crippen LogP) is 2.86. The second-order valence-corrected chi connectivity index (χ2v) is 4.96. The second kappa shape index (κ2) is 7.40. The maximum atomic E-state index is 12.3. The molecule has 1 aromatic heterocycles. The summed E-state index contributed by atoms with van der Waals surface area (Å²) in [6, 6.07) is 6.39. The van der Waals surface area contributed by atoms with Crippen LogP contribution in [0.3, 0.4) is 0 Å². The van der Waals surface area contributed by atoms with E-state index in [1.54, 1.807) is 26.0 Å². The summed E-state index contributed by atoms with van der Waals surface area (Å²) in [6.45, 7) is 3.45. The van der Waals surface area contributed by atoms with Gasteiger partial charge in [0.05, 0.1) is 29.4 Å². The lowest BCUT2D eigenvalue weighted by atomic mass is 10.1. The fourth-order valence-electron chi connectivity index (χ4n) is 2.07. The molecule has 2 rings (SSSR count). The number of carbonyl (C=O) groups is 2. The highest BCUT2D eigenvalue weighted by Crippen LogP contribution is 2.20. The molecule has 0 aliphatic heterocycles. The minimum atomic E-state index is -0.727. The fraction of sp³-hybridized carbons (Fsp3) is 0.250. The van der Waals surface area contributed by atoms with Gasteiger partial charge in [0.25, 0.3) is 11.6 Å². The van der Waals surface area contributed by atoms with Gasteiger partial charge < -0.3 is 14.5 Å². The van der Waals surface area contributed by atoms with Gasteiger partial charge in [-0.15, -0.1) is 0 Å². The van der Waals surface area contributed by atoms with Gasteiger partial charge >= 0.3 is 5.97 Å². The molecule has 1 amide bonds. The molecule has 0 aliphatic rings. The van der Waals surface area contributed by atoms with Gasteiger partial charge in [-0.25, -0.2) is 4.79 Å². The van der Waals surface area contributed by atoms with Crippen molar-refractivity contribution in [1.82, 2.24) is 5.32 Å². The number of nitro groups is 1. The van der Waals surface area contributed by atoms with Gasteiger partial charge in [-0.05, 0) is 32.0 Å². The van der Waals surface area contributed by atoms with Crippen LogP contribution in [-0.4, -0.2) is 23.4 Å². The Balaban J connectivity index is 2.28. The molecule has 24 heavy (non-hydrogen) atoms. The molecule has 2 aromatic rings. The summed E-state index contributed by atoms with van der Waals surface area (Å²) in [5, 5.41) is 13.7. The van der Waals surface area contributed by atoms with Crippen LogP contribution in [0.25, 0.3) is 0 Å². The van der Waals surface area contributed by atoms with Crippen LogP contribution in [0.1, 0.15) is 46.4 Å². The van der Waals surface area contributed by atoms with Gasteiger partial charge in [0, 0.05) is 17.7 Å². The Bertz CT molecular complexity index is 754. The number of non-ortho nitro benzene ring substituents is 1. The number of benzene rings is 1. The number of furan rings is 1. The topological polar surface area (TPSA) is 112 Å². The summed E-state index contributed by atoms with van der Waals surface area (Å²) in [4.78, 5) is 34.5. The number of nitrogens with one attached hydrogen (secondary N) is 1. The average Bonchev–Trinajstić information content (AvgIpc) is 3.09. The first-order valence-corrected chi connectivity index (χ1v) is 7.23. The number of amides is 1. The number of nitro benzene ring substituents is 1. The summed E-state index contributed by atoms with van der Waals surface area (Å²) in [7, 11) is 0. The Kier molecular flexibility index (Phi) is 5.31. The first kappa shape index (κ1) is 17.2. The van der Waals surface area contributed by atoms with E-state index in [1.165, 1.54) is 12.3 Å². The number of esters is 1. The van der Waals surface area contributed by atoms with E-state index < -0.39 is 22.8 Å². The molecule has 0 saturated carbocycles. The summed E-state index contributed by atoms with van der Waals surface area (Å²) < 4.78 is 10.0. The molecular formula is C16H16N2O6. The normalized spacial score (nSPS) is 11.6. The summed E-state index contributed by atoms with van der Waals surface area (Å²) in [5.41, 5.74) is -0.427. The van der Waals surface area contributed by atoms with Crippen LogP contribution >= 0.6 is 0 Å². The SMILES string of the molecule is CCOC(=O)c1cc(C(=O)N[C@@H](C)c2ccco2)cc([N+](=O)[O-])c1. The van der Waals surface area contributed by atoms with Crippen LogP contribution in [0.15, 0.2) is 41.0 Å². The highest BCUT2D eigenvalue weighted by molar-refractivity contribution is 5.99. The van der Waals surface area contributed by atoms with E-state index in [9.17, 15) is 19.7 Å². The second-order valence-electron chi connectivity index (χ2n) is 4.96. The average molecular weight is 332 g/mol. The van der Waals surface area contributed by atoms with Crippen LogP contribution < -0.4 is 5.32 Å². The molecular weight excluding hydrogens is 316 g/mol. The van der Waals surface area contributed by atoms with Crippen molar-refractivity contribution >= 4 is 17.6 Å². The van der Waals surface area contributed by atoms with E-state index >= 15 is 0 Å². The van der Waals surface area contributed by atoms with Crippen LogP contribution in [0.4, 0.5) is 5.69 Å². The summed E-state index contributed by atoms with van der Waals surface area (Å²) >= 11 is 0. The molecule has 1 heterocycles. The van der Waals surface area contributed by atoms with E-state index in [1.807, 2.05) is 0 Å². The van der Waals surface area contributed by atoms with Gasteiger partial charge in [0.15, 0.2) is 0 Å². The molecule has 8 heteroatoms. The van der Waals surface area contributed by atoms with Crippen molar-refractivity contribution in [1.29, 1.82) is 0 Å². The van der Waals surface area contributed by atoms with Crippen molar-refractivity contribution in [3.8, 4) is 0 Å². The van der Waals surface area contributed by atoms with E-state index in [4.69, 9.17) is 9.15 Å². The van der Waals surface area contributed by atoms with E-state index in [-0.39, 0.29) is 23.4 Å². The maximum Gasteiger partial charge on any atom is 0.338 e. The number of ether oxygens (including phenoxy) is 1. The largest absolute Gasteiger partial charge is 0.467 e. The van der Waals surface area contributed by atoms with Crippen LogP contribution in [0.5, 0.6) is 0 Å². The van der Waals surface area contributed by atoms with Crippen molar-refractivity contribution in [3.63, 3.8) is 0 Å². The molecule has 0 saturated heterocycles. The summed E-state index contributed by atoms with van der Waals surface area (Å²) in [6.07, 6.45) is 1.48. The zero-order chi connectivity index (χ0) is 17.7. The first-order valence-electron chi connectivity index (χ1n) is 7.23. The molecule has 0 bridgehead atoms. The van der Waals surface area contributed by atoms with Crippen molar-refractivity contribution in [2.45, 2.75) is 19.9 Å². The van der Waals surface area contributed by atoms with E-state index in [0.717, 1.165) is 12.1 Å². The molecule has 0 radical (unpaired) electrons. The smallest absolute Gasteiger partial charge is 0.338 e. The molecule has 0 spiro atoms. The third-order valence-electron chi connectivity index (χ3n) is 3.22. The van der Waals surface area contributed by atoms with E-state index in [0.29, 0.717) is 5.76 Å². The Morgan fingerprint density at radius 2 is 2.04 bits per heavy atom. The first-order chi connectivity index (χ1) is 11.4. The van der Waals surface area contributed by atoms with Gasteiger partial charge in [0.1, 0.15) is 5.76 Å². The molecule has 8 nitrogen and oxygen atoms in total. The van der Waals surface area contributed by atoms with Crippen molar-refractivity contribution in [2.75, 3.05) is 6.61 Å². The minimum Gasteiger partial charge on any atom is -0.467 e. The Morgan fingerprint density at radius 3 is 2.62 bits per heavy atom.